The predicted molar refractivity (Wildman–Crippen MR) is 79.0 cm³/mol. The molecule has 1 heterocycles. The van der Waals surface area contributed by atoms with Gasteiger partial charge in [0, 0.05) is 13.2 Å². The molecule has 0 bridgehead atoms. The first-order chi connectivity index (χ1) is 9.69. The van der Waals surface area contributed by atoms with Gasteiger partial charge >= 0.3 is 0 Å². The Morgan fingerprint density at radius 2 is 2.15 bits per heavy atom. The summed E-state index contributed by atoms with van der Waals surface area (Å²) >= 11 is 0. The van der Waals surface area contributed by atoms with Crippen LogP contribution in [-0.4, -0.2) is 23.4 Å². The molecule has 2 aromatic rings. The van der Waals surface area contributed by atoms with Gasteiger partial charge in [0.05, 0.1) is 6.20 Å². The minimum Gasteiger partial charge on any atom is -0.319 e. The van der Waals surface area contributed by atoms with E-state index in [0.717, 1.165) is 31.4 Å². The fourth-order valence-corrected chi connectivity index (χ4v) is 2.51. The van der Waals surface area contributed by atoms with E-state index in [0.29, 0.717) is 5.92 Å². The topological polar surface area (TPSA) is 29.9 Å². The second kappa shape index (κ2) is 7.20. The fourth-order valence-electron chi connectivity index (χ4n) is 2.51. The molecule has 0 spiro atoms. The van der Waals surface area contributed by atoms with Crippen LogP contribution in [0.5, 0.6) is 0 Å². The van der Waals surface area contributed by atoms with Crippen LogP contribution in [0.15, 0.2) is 36.7 Å². The molecule has 4 heteroatoms. The molecule has 0 fully saturated rings. The first-order valence-corrected chi connectivity index (χ1v) is 7.04. The van der Waals surface area contributed by atoms with Crippen LogP contribution in [0.1, 0.15) is 17.5 Å². The summed E-state index contributed by atoms with van der Waals surface area (Å²) in [6, 6.07) is 7.05. The van der Waals surface area contributed by atoms with E-state index in [9.17, 15) is 4.39 Å². The largest absolute Gasteiger partial charge is 0.319 e. The Hall–Kier alpha value is -1.68. The molecule has 1 atom stereocenters. The molecule has 1 aromatic heterocycles. The van der Waals surface area contributed by atoms with Gasteiger partial charge in [-0.1, -0.05) is 18.2 Å². The molecule has 0 aliphatic carbocycles. The number of nitrogens with zero attached hydrogens (tertiary/aromatic N) is 2. The maximum absolute atomic E-state index is 13.7. The van der Waals surface area contributed by atoms with Gasteiger partial charge in [-0.3, -0.25) is 4.68 Å². The van der Waals surface area contributed by atoms with E-state index >= 15 is 0 Å². The molecule has 2 rings (SSSR count). The summed E-state index contributed by atoms with van der Waals surface area (Å²) in [5.41, 5.74) is 2.04. The molecule has 20 heavy (non-hydrogen) atoms. The zero-order chi connectivity index (χ0) is 14.4. The Bertz CT molecular complexity index is 536. The number of hydrogen-bond donors (Lipinski definition) is 1. The molecule has 1 aromatic carbocycles. The Kier molecular flexibility index (Phi) is 5.30. The molecule has 0 saturated carbocycles. The second-order valence-corrected chi connectivity index (χ2v) is 5.28. The highest BCUT2D eigenvalue weighted by atomic mass is 19.1. The van der Waals surface area contributed by atoms with Gasteiger partial charge in [-0.15, -0.1) is 0 Å². The third-order valence-corrected chi connectivity index (χ3v) is 3.56. The lowest BCUT2D eigenvalue weighted by atomic mass is 9.93. The Morgan fingerprint density at radius 1 is 1.35 bits per heavy atom. The molecule has 0 amide bonds. The van der Waals surface area contributed by atoms with Crippen molar-refractivity contribution in [3.05, 3.63) is 53.6 Å². The van der Waals surface area contributed by atoms with E-state index in [1.807, 2.05) is 43.3 Å². The van der Waals surface area contributed by atoms with Crippen LogP contribution in [-0.2, 0) is 19.9 Å². The van der Waals surface area contributed by atoms with E-state index in [2.05, 4.69) is 10.4 Å². The van der Waals surface area contributed by atoms with Crippen molar-refractivity contribution in [2.24, 2.45) is 13.0 Å². The van der Waals surface area contributed by atoms with Crippen LogP contribution in [0.25, 0.3) is 0 Å². The number of rotatable bonds is 7. The highest BCUT2D eigenvalue weighted by Gasteiger charge is 2.12. The predicted octanol–water partition coefficient (Wildman–Crippen LogP) is 2.57. The molecule has 0 aliphatic rings. The normalized spacial score (nSPS) is 12.6. The smallest absolute Gasteiger partial charge is 0.126 e. The summed E-state index contributed by atoms with van der Waals surface area (Å²) < 4.78 is 15.5. The minimum atomic E-state index is -0.102. The highest BCUT2D eigenvalue weighted by Crippen LogP contribution is 2.17. The van der Waals surface area contributed by atoms with Crippen LogP contribution in [0.2, 0.25) is 0 Å². The average molecular weight is 275 g/mol. The molecule has 0 radical (unpaired) electrons. The van der Waals surface area contributed by atoms with Crippen LogP contribution >= 0.6 is 0 Å². The van der Waals surface area contributed by atoms with Crippen molar-refractivity contribution >= 4 is 0 Å². The molecule has 1 N–H and O–H groups in total. The molecule has 1 unspecified atom stereocenters. The molecular formula is C16H22FN3. The van der Waals surface area contributed by atoms with Gasteiger partial charge in [-0.2, -0.15) is 5.10 Å². The Labute approximate surface area is 119 Å². The number of nitrogens with one attached hydrogen (secondary N) is 1. The van der Waals surface area contributed by atoms with Gasteiger partial charge in [-0.05, 0) is 56.0 Å². The van der Waals surface area contributed by atoms with Crippen molar-refractivity contribution in [3.63, 3.8) is 0 Å². The van der Waals surface area contributed by atoms with Crippen molar-refractivity contribution in [3.8, 4) is 0 Å². The van der Waals surface area contributed by atoms with E-state index < -0.39 is 0 Å². The lowest BCUT2D eigenvalue weighted by Gasteiger charge is -2.16. The first kappa shape index (κ1) is 14.7. The van der Waals surface area contributed by atoms with Crippen LogP contribution < -0.4 is 5.32 Å². The molecule has 3 nitrogen and oxygen atoms in total. The first-order valence-electron chi connectivity index (χ1n) is 7.04. The molecule has 0 saturated heterocycles. The van der Waals surface area contributed by atoms with Crippen molar-refractivity contribution in [2.45, 2.75) is 19.3 Å². The number of aryl methyl sites for hydroxylation is 2. The van der Waals surface area contributed by atoms with E-state index in [4.69, 9.17) is 0 Å². The highest BCUT2D eigenvalue weighted by molar-refractivity contribution is 5.18. The van der Waals surface area contributed by atoms with Gasteiger partial charge < -0.3 is 5.32 Å². The summed E-state index contributed by atoms with van der Waals surface area (Å²) in [4.78, 5) is 0. The van der Waals surface area contributed by atoms with Gasteiger partial charge in [0.1, 0.15) is 5.82 Å². The van der Waals surface area contributed by atoms with Crippen molar-refractivity contribution in [1.29, 1.82) is 0 Å². The van der Waals surface area contributed by atoms with Gasteiger partial charge in [0.15, 0.2) is 0 Å². The minimum absolute atomic E-state index is 0.102. The number of benzene rings is 1. The van der Waals surface area contributed by atoms with Gasteiger partial charge in [-0.25, -0.2) is 4.39 Å². The third kappa shape index (κ3) is 4.17. The zero-order valence-corrected chi connectivity index (χ0v) is 12.1. The van der Waals surface area contributed by atoms with Crippen molar-refractivity contribution < 1.29 is 4.39 Å². The number of halogens is 1. The summed E-state index contributed by atoms with van der Waals surface area (Å²) in [5, 5.41) is 7.39. The average Bonchev–Trinajstić information content (AvgIpc) is 2.85. The van der Waals surface area contributed by atoms with E-state index in [1.54, 1.807) is 6.07 Å². The Balaban J connectivity index is 1.95. The van der Waals surface area contributed by atoms with E-state index in [1.165, 1.54) is 11.6 Å². The third-order valence-electron chi connectivity index (χ3n) is 3.56. The standard InChI is InChI=1S/C16H22FN3/c1-18-10-13(7-8-14-11-19-20(2)12-14)9-15-5-3-4-6-16(15)17/h3-6,11-13,18H,7-10H2,1-2H3. The van der Waals surface area contributed by atoms with Crippen LogP contribution in [0.4, 0.5) is 4.39 Å². The van der Waals surface area contributed by atoms with E-state index in [-0.39, 0.29) is 5.82 Å². The maximum atomic E-state index is 13.7. The summed E-state index contributed by atoms with van der Waals surface area (Å²) in [7, 11) is 3.87. The van der Waals surface area contributed by atoms with Crippen molar-refractivity contribution in [1.82, 2.24) is 15.1 Å². The number of hydrogen-bond acceptors (Lipinski definition) is 2. The lowest BCUT2D eigenvalue weighted by Crippen LogP contribution is -2.21. The van der Waals surface area contributed by atoms with Gasteiger partial charge in [0.25, 0.3) is 0 Å². The monoisotopic (exact) mass is 275 g/mol. The summed E-state index contributed by atoms with van der Waals surface area (Å²) in [6.07, 6.45) is 6.72. The van der Waals surface area contributed by atoms with Gasteiger partial charge in [0.2, 0.25) is 0 Å². The fraction of sp³-hybridized carbons (Fsp3) is 0.438. The Morgan fingerprint density at radius 3 is 2.80 bits per heavy atom. The van der Waals surface area contributed by atoms with Crippen LogP contribution in [0.3, 0.4) is 0 Å². The maximum Gasteiger partial charge on any atom is 0.126 e. The quantitative estimate of drug-likeness (QED) is 0.841. The zero-order valence-electron chi connectivity index (χ0n) is 12.1. The summed E-state index contributed by atoms with van der Waals surface area (Å²) in [6.45, 7) is 0.897. The SMILES string of the molecule is CNCC(CCc1cnn(C)c1)Cc1ccccc1F. The number of aromatic nitrogens is 2. The molecular weight excluding hydrogens is 253 g/mol. The second-order valence-electron chi connectivity index (χ2n) is 5.28. The van der Waals surface area contributed by atoms with Crippen molar-refractivity contribution in [2.75, 3.05) is 13.6 Å². The summed E-state index contributed by atoms with van der Waals surface area (Å²) in [5.74, 6) is 0.326. The van der Waals surface area contributed by atoms with Crippen LogP contribution in [0, 0.1) is 11.7 Å². The molecule has 0 aliphatic heterocycles. The molecule has 108 valence electrons. The lowest BCUT2D eigenvalue weighted by molar-refractivity contribution is 0.451.